The number of aromatic nitrogens is 1. The van der Waals surface area contributed by atoms with Crippen LogP contribution in [-0.4, -0.2) is 15.7 Å². The fourth-order valence-corrected chi connectivity index (χ4v) is 3.03. The van der Waals surface area contributed by atoms with E-state index in [4.69, 9.17) is 11.6 Å². The summed E-state index contributed by atoms with van der Waals surface area (Å²) in [6.45, 7) is 3.04. The van der Waals surface area contributed by atoms with Gasteiger partial charge in [-0.15, -0.1) is 0 Å². The highest BCUT2D eigenvalue weighted by Gasteiger charge is 2.34. The molecule has 0 saturated heterocycles. The molecule has 144 valence electrons. The highest BCUT2D eigenvalue weighted by Crippen LogP contribution is 2.36. The molecule has 0 amide bonds. The second-order valence-electron chi connectivity index (χ2n) is 5.75. The third-order valence-corrected chi connectivity index (χ3v) is 4.33. The van der Waals surface area contributed by atoms with Crippen molar-refractivity contribution < 1.29 is 22.5 Å². The molecular formula is C18H9ClF4N2O3. The number of hydrogen-bond acceptors (Lipinski definition) is 3. The average molecular weight is 413 g/mol. The maximum atomic E-state index is 14.5. The van der Waals surface area contributed by atoms with Crippen LogP contribution in [0.15, 0.2) is 54.0 Å². The number of benzene rings is 2. The Bertz CT molecular complexity index is 1180. The lowest BCUT2D eigenvalue weighted by atomic mass is 10.0. The Morgan fingerprint density at radius 3 is 2.32 bits per heavy atom. The van der Waals surface area contributed by atoms with Crippen LogP contribution in [0.4, 0.5) is 23.2 Å². The minimum absolute atomic E-state index is 0.0236. The molecule has 0 fully saturated rings. The summed E-state index contributed by atoms with van der Waals surface area (Å²) in [6.07, 6.45) is -4.03. The molecule has 1 aromatic heterocycles. The third-order valence-electron chi connectivity index (χ3n) is 4.05. The molecule has 10 heteroatoms. The van der Waals surface area contributed by atoms with Crippen molar-refractivity contribution in [3.8, 4) is 5.69 Å². The summed E-state index contributed by atoms with van der Waals surface area (Å²) >= 11 is 5.91. The van der Waals surface area contributed by atoms with Gasteiger partial charge in [0.25, 0.3) is 11.2 Å². The van der Waals surface area contributed by atoms with Gasteiger partial charge in [0.05, 0.1) is 21.6 Å². The summed E-state index contributed by atoms with van der Waals surface area (Å²) in [5.74, 6) is -1.24. The highest BCUT2D eigenvalue weighted by molar-refractivity contribution is 6.32. The van der Waals surface area contributed by atoms with Crippen LogP contribution < -0.4 is 5.56 Å². The lowest BCUT2D eigenvalue weighted by Gasteiger charge is -2.17. The Balaban J connectivity index is 2.41. The molecule has 0 atom stereocenters. The second-order valence-corrected chi connectivity index (χ2v) is 6.16. The predicted molar refractivity (Wildman–Crippen MR) is 96.3 cm³/mol. The Hall–Kier alpha value is -3.20. The van der Waals surface area contributed by atoms with Crippen LogP contribution in [0.2, 0.25) is 5.02 Å². The van der Waals surface area contributed by atoms with E-state index in [1.165, 1.54) is 24.3 Å². The first-order chi connectivity index (χ1) is 13.0. The molecule has 28 heavy (non-hydrogen) atoms. The Morgan fingerprint density at radius 2 is 1.79 bits per heavy atom. The van der Waals surface area contributed by atoms with Gasteiger partial charge in [0, 0.05) is 23.2 Å². The van der Waals surface area contributed by atoms with Crippen LogP contribution >= 0.6 is 11.6 Å². The van der Waals surface area contributed by atoms with Gasteiger partial charge in [0.1, 0.15) is 5.69 Å². The fourth-order valence-electron chi connectivity index (χ4n) is 2.74. The second kappa shape index (κ2) is 6.75. The molecular weight excluding hydrogens is 404 g/mol. The molecule has 0 spiro atoms. The summed E-state index contributed by atoms with van der Waals surface area (Å²) in [4.78, 5) is 22.7. The van der Waals surface area contributed by atoms with Gasteiger partial charge in [-0.1, -0.05) is 36.4 Å². The zero-order valence-corrected chi connectivity index (χ0v) is 14.5. The standard InChI is InChI=1S/C18H9ClF4N2O3/c1-9(18(21,22)23)13-8-24(17(26)12-5-3-2-4-11(12)13)16-14(19)6-10(25(27)28)7-15(16)20/h2-8H,1H2. The van der Waals surface area contributed by atoms with Crippen LogP contribution in [0.1, 0.15) is 5.56 Å². The van der Waals surface area contributed by atoms with Gasteiger partial charge in [-0.3, -0.25) is 19.5 Å². The molecule has 0 unspecified atom stereocenters. The molecule has 0 aliphatic heterocycles. The van der Waals surface area contributed by atoms with Crippen LogP contribution in [0.25, 0.3) is 22.0 Å². The van der Waals surface area contributed by atoms with Crippen LogP contribution in [0.3, 0.4) is 0 Å². The number of nitrogens with zero attached hydrogens (tertiary/aromatic N) is 2. The molecule has 0 N–H and O–H groups in total. The lowest BCUT2D eigenvalue weighted by molar-refractivity contribution is -0.385. The third kappa shape index (κ3) is 3.24. The van der Waals surface area contributed by atoms with E-state index in [-0.39, 0.29) is 10.8 Å². The summed E-state index contributed by atoms with van der Waals surface area (Å²) in [5, 5.41) is 10.2. The van der Waals surface area contributed by atoms with Crippen molar-refractivity contribution >= 4 is 33.6 Å². The average Bonchev–Trinajstić information content (AvgIpc) is 2.61. The van der Waals surface area contributed by atoms with Gasteiger partial charge in [0.15, 0.2) is 5.82 Å². The molecule has 1 heterocycles. The van der Waals surface area contributed by atoms with Crippen molar-refractivity contribution in [1.29, 1.82) is 0 Å². The predicted octanol–water partition coefficient (Wildman–Crippen LogP) is 5.27. The van der Waals surface area contributed by atoms with E-state index in [1.807, 2.05) is 0 Å². The summed E-state index contributed by atoms with van der Waals surface area (Å²) < 4.78 is 54.8. The summed E-state index contributed by atoms with van der Waals surface area (Å²) in [7, 11) is 0. The first-order valence-electron chi connectivity index (χ1n) is 7.57. The molecule has 0 saturated carbocycles. The summed E-state index contributed by atoms with van der Waals surface area (Å²) in [5.41, 5.74) is -3.80. The number of rotatable bonds is 3. The highest BCUT2D eigenvalue weighted by atomic mass is 35.5. The Labute approximate surface area is 159 Å². The first-order valence-corrected chi connectivity index (χ1v) is 7.95. The van der Waals surface area contributed by atoms with Gasteiger partial charge in [-0.25, -0.2) is 4.39 Å². The van der Waals surface area contributed by atoms with Gasteiger partial charge < -0.3 is 0 Å². The van der Waals surface area contributed by atoms with E-state index in [0.717, 1.165) is 12.3 Å². The molecule has 0 bridgehead atoms. The normalized spacial score (nSPS) is 11.6. The van der Waals surface area contributed by atoms with Crippen molar-refractivity contribution in [1.82, 2.24) is 4.57 Å². The minimum Gasteiger partial charge on any atom is -0.279 e. The van der Waals surface area contributed by atoms with E-state index < -0.39 is 50.0 Å². The Kier molecular flexibility index (Phi) is 4.72. The topological polar surface area (TPSA) is 65.1 Å². The Morgan fingerprint density at radius 1 is 1.18 bits per heavy atom. The number of pyridine rings is 1. The van der Waals surface area contributed by atoms with Crippen LogP contribution in [-0.2, 0) is 0 Å². The molecule has 0 radical (unpaired) electrons. The SMILES string of the molecule is C=C(c1cn(-c2c(F)cc([N+](=O)[O-])cc2Cl)c(=O)c2ccccc12)C(F)(F)F. The number of nitro groups is 1. The zero-order chi connectivity index (χ0) is 20.8. The first kappa shape index (κ1) is 19.6. The van der Waals surface area contributed by atoms with Crippen molar-refractivity contribution in [3.63, 3.8) is 0 Å². The minimum atomic E-state index is -4.80. The number of alkyl halides is 3. The van der Waals surface area contributed by atoms with Crippen LogP contribution in [0.5, 0.6) is 0 Å². The summed E-state index contributed by atoms with van der Waals surface area (Å²) in [6, 6.07) is 6.79. The van der Waals surface area contributed by atoms with Crippen molar-refractivity contribution in [2.45, 2.75) is 6.18 Å². The van der Waals surface area contributed by atoms with E-state index in [1.54, 1.807) is 0 Å². The molecule has 2 aromatic carbocycles. The lowest BCUT2D eigenvalue weighted by Crippen LogP contribution is -2.22. The maximum absolute atomic E-state index is 14.5. The van der Waals surface area contributed by atoms with Gasteiger partial charge >= 0.3 is 6.18 Å². The van der Waals surface area contributed by atoms with Crippen molar-refractivity contribution in [3.05, 3.63) is 86.0 Å². The van der Waals surface area contributed by atoms with Gasteiger partial charge in [0.2, 0.25) is 0 Å². The number of non-ortho nitro benzene ring substituents is 1. The number of allylic oxidation sites excluding steroid dienone is 1. The molecule has 0 aliphatic carbocycles. The number of fused-ring (bicyclic) bond motifs is 1. The molecule has 3 aromatic rings. The maximum Gasteiger partial charge on any atom is 0.416 e. The van der Waals surface area contributed by atoms with Crippen molar-refractivity contribution in [2.75, 3.05) is 0 Å². The van der Waals surface area contributed by atoms with E-state index in [0.29, 0.717) is 10.6 Å². The zero-order valence-electron chi connectivity index (χ0n) is 13.8. The smallest absolute Gasteiger partial charge is 0.279 e. The number of hydrogen-bond donors (Lipinski definition) is 0. The number of halogens is 5. The molecule has 5 nitrogen and oxygen atoms in total. The monoisotopic (exact) mass is 412 g/mol. The largest absolute Gasteiger partial charge is 0.416 e. The van der Waals surface area contributed by atoms with Crippen molar-refractivity contribution in [2.24, 2.45) is 0 Å². The number of nitro benzene ring substituents is 1. The van der Waals surface area contributed by atoms with E-state index in [9.17, 15) is 32.5 Å². The van der Waals surface area contributed by atoms with E-state index >= 15 is 0 Å². The quantitative estimate of drug-likeness (QED) is 0.334. The fraction of sp³-hybridized carbons (Fsp3) is 0.0556. The van der Waals surface area contributed by atoms with Crippen LogP contribution in [0, 0.1) is 15.9 Å². The molecule has 3 rings (SSSR count). The van der Waals surface area contributed by atoms with Gasteiger partial charge in [-0.05, 0) is 11.5 Å². The van der Waals surface area contributed by atoms with E-state index in [2.05, 4.69) is 6.58 Å². The van der Waals surface area contributed by atoms with Gasteiger partial charge in [-0.2, -0.15) is 13.2 Å². The molecule has 0 aliphatic rings.